The molecule has 0 radical (unpaired) electrons. The first-order valence-electron chi connectivity index (χ1n) is 12.9. The fourth-order valence-electron chi connectivity index (χ4n) is 7.51. The van der Waals surface area contributed by atoms with E-state index >= 15 is 0 Å². The van der Waals surface area contributed by atoms with E-state index in [1.165, 1.54) is 71.2 Å². The van der Waals surface area contributed by atoms with Crippen molar-refractivity contribution >= 4 is 134 Å². The number of rotatable bonds is 0. The summed E-state index contributed by atoms with van der Waals surface area (Å²) in [5.74, 6) is 0. The predicted octanol–water partition coefficient (Wildman–Crippen LogP) is -7.70. The van der Waals surface area contributed by atoms with Gasteiger partial charge in [-0.2, -0.15) is 0 Å². The average molecular weight is 437 g/mol. The topological polar surface area (TPSA) is 17.3 Å². The molecule has 0 N–H and O–H groups in total. The van der Waals surface area contributed by atoms with Gasteiger partial charge in [0, 0.05) is 5.39 Å². The van der Waals surface area contributed by atoms with Gasteiger partial charge in [-0.25, -0.2) is 4.98 Å². The van der Waals surface area contributed by atoms with E-state index in [0.29, 0.717) is 0 Å². The number of benzene rings is 2. The van der Waals surface area contributed by atoms with Crippen LogP contribution in [0, 0.1) is 5.41 Å². The molecule has 0 spiro atoms. The van der Waals surface area contributed by atoms with Crippen molar-refractivity contribution in [3.8, 4) is 0 Å². The number of pyridine rings is 1. The van der Waals surface area contributed by atoms with Gasteiger partial charge in [-0.3, -0.25) is 0 Å². The highest BCUT2D eigenvalue weighted by Crippen LogP contribution is 2.60. The summed E-state index contributed by atoms with van der Waals surface area (Å²) in [6, 6.07) is 0. The zero-order valence-electron chi connectivity index (χ0n) is 23.9. The van der Waals surface area contributed by atoms with Crippen LogP contribution in [0.1, 0.15) is 52.7 Å². The van der Waals surface area contributed by atoms with Crippen LogP contribution in [0.25, 0.3) is 27.5 Å². The van der Waals surface area contributed by atoms with Crippen molar-refractivity contribution in [3.63, 3.8) is 0 Å². The van der Waals surface area contributed by atoms with E-state index in [2.05, 4.69) is 109 Å². The maximum Gasteiger partial charge on any atom is 0.161 e. The molecule has 0 saturated heterocycles. The van der Waals surface area contributed by atoms with Crippen molar-refractivity contribution < 1.29 is 0 Å². The van der Waals surface area contributed by atoms with Crippen molar-refractivity contribution in [3.05, 3.63) is 11.1 Å². The summed E-state index contributed by atoms with van der Waals surface area (Å²) in [5.41, 5.74) is 18.0. The van der Waals surface area contributed by atoms with Crippen molar-refractivity contribution in [2.75, 3.05) is 0 Å². The molecule has 0 bridgehead atoms. The molecule has 0 fully saturated rings. The molecule has 2 aromatic heterocycles. The van der Waals surface area contributed by atoms with Gasteiger partial charge < -0.3 is 4.40 Å². The molecule has 4 aromatic rings. The van der Waals surface area contributed by atoms with Crippen LogP contribution >= 0.6 is 0 Å². The number of nitrogens with zero attached hydrogens (tertiary/aromatic N) is 2. The van der Waals surface area contributed by atoms with Gasteiger partial charge in [-0.15, -0.1) is 10.9 Å². The van der Waals surface area contributed by atoms with Crippen LogP contribution in [0.2, 0.25) is 0 Å². The Balaban J connectivity index is 2.13. The minimum Gasteiger partial charge on any atom is -0.307 e. The van der Waals surface area contributed by atoms with Crippen LogP contribution in [0.3, 0.4) is 0 Å². The van der Waals surface area contributed by atoms with Gasteiger partial charge in [-0.05, 0) is 38.4 Å². The molecule has 2 heterocycles. The summed E-state index contributed by atoms with van der Waals surface area (Å²) in [6.07, 6.45) is 0. The van der Waals surface area contributed by atoms with Gasteiger partial charge in [0.1, 0.15) is 60.6 Å². The van der Waals surface area contributed by atoms with Crippen LogP contribution in [-0.4, -0.2) is 72.2 Å². The zero-order valence-corrected chi connectivity index (χ0v) is 23.9. The lowest BCUT2D eigenvalue weighted by atomic mass is 9.58. The van der Waals surface area contributed by atoms with Crippen LogP contribution < -0.4 is 43.8 Å². The first-order valence-corrected chi connectivity index (χ1v) is 12.9. The van der Waals surface area contributed by atoms with Gasteiger partial charge in [-0.1, -0.05) is 68.9 Å². The van der Waals surface area contributed by atoms with Crippen molar-refractivity contribution in [2.45, 2.75) is 52.4 Å². The molecule has 1 aliphatic carbocycles. The summed E-state index contributed by atoms with van der Waals surface area (Å²) in [7, 11) is 18.4. The molecule has 34 heavy (non-hydrogen) atoms. The zero-order chi connectivity index (χ0) is 25.4. The van der Waals surface area contributed by atoms with E-state index in [1.807, 2.05) is 0 Å². The highest BCUT2D eigenvalue weighted by Gasteiger charge is 2.58. The molecule has 0 amide bonds. The third-order valence-corrected chi connectivity index (χ3v) is 11.1. The Bertz CT molecular complexity index is 1610. The molecule has 0 atom stereocenters. The molecule has 5 rings (SSSR count). The Morgan fingerprint density at radius 1 is 0.559 bits per heavy atom. The molecule has 0 unspecified atom stereocenters. The van der Waals surface area contributed by atoms with Crippen molar-refractivity contribution in [1.82, 2.24) is 9.38 Å². The molecule has 2 aromatic carbocycles. The lowest BCUT2D eigenvalue weighted by molar-refractivity contribution is 0.125. The quantitative estimate of drug-likeness (QED) is 0.250. The standard InChI is InChI=1S/C24H34B8N2/c1-22(2)9-10(23(3,4)24(22,5)6)15(29)19-18(14(9)28)33-21-8-7(13(27)20(32)34(19)21)11(25)16(30)17(31)12(8)26/h25-32H2,1-6H3. The van der Waals surface area contributed by atoms with Gasteiger partial charge in [0.2, 0.25) is 0 Å². The van der Waals surface area contributed by atoms with Gasteiger partial charge in [0.05, 0.1) is 11.0 Å². The van der Waals surface area contributed by atoms with Crippen LogP contribution in [0.15, 0.2) is 0 Å². The Labute approximate surface area is 212 Å². The van der Waals surface area contributed by atoms with Gasteiger partial charge in [0.15, 0.2) is 7.85 Å². The predicted molar refractivity (Wildman–Crippen MR) is 175 cm³/mol. The normalized spacial score (nSPS) is 18.2. The first-order chi connectivity index (χ1) is 15.5. The maximum absolute atomic E-state index is 5.48. The van der Waals surface area contributed by atoms with E-state index in [-0.39, 0.29) is 16.2 Å². The lowest BCUT2D eigenvalue weighted by Gasteiger charge is -2.45. The highest BCUT2D eigenvalue weighted by atomic mass is 15.0. The van der Waals surface area contributed by atoms with Crippen molar-refractivity contribution in [1.29, 1.82) is 0 Å². The molecular weight excluding hydrogens is 403 g/mol. The molecular formula is C24H34B8N2. The van der Waals surface area contributed by atoms with E-state index in [9.17, 15) is 0 Å². The number of aromatic nitrogens is 2. The fourth-order valence-corrected chi connectivity index (χ4v) is 7.51. The Hall–Kier alpha value is -1.83. The van der Waals surface area contributed by atoms with Gasteiger partial charge in [0.25, 0.3) is 0 Å². The van der Waals surface area contributed by atoms with E-state index < -0.39 is 0 Å². The maximum atomic E-state index is 5.48. The summed E-state index contributed by atoms with van der Waals surface area (Å²) in [5, 5.41) is 2.73. The van der Waals surface area contributed by atoms with Crippen LogP contribution in [-0.2, 0) is 10.8 Å². The Morgan fingerprint density at radius 2 is 1.03 bits per heavy atom. The largest absolute Gasteiger partial charge is 0.307 e. The van der Waals surface area contributed by atoms with E-state index in [1.54, 1.807) is 5.56 Å². The molecule has 1 aliphatic rings. The van der Waals surface area contributed by atoms with Gasteiger partial charge >= 0.3 is 0 Å². The molecule has 0 aliphatic heterocycles. The molecule has 10 heteroatoms. The molecule has 164 valence electrons. The van der Waals surface area contributed by atoms with Crippen LogP contribution in [0.5, 0.6) is 0 Å². The third-order valence-electron chi connectivity index (χ3n) is 11.1. The smallest absolute Gasteiger partial charge is 0.161 e. The average Bonchev–Trinajstić information content (AvgIpc) is 3.20. The highest BCUT2D eigenvalue weighted by molar-refractivity contribution is 6.69. The number of hydrogen-bond acceptors (Lipinski definition) is 1. The second-order valence-corrected chi connectivity index (χ2v) is 12.8. The Kier molecular flexibility index (Phi) is 4.69. The van der Waals surface area contributed by atoms with Crippen molar-refractivity contribution in [2.24, 2.45) is 5.41 Å². The number of imidazole rings is 1. The lowest BCUT2D eigenvalue weighted by Crippen LogP contribution is -2.51. The first kappa shape index (κ1) is 23.9. The number of hydrogen-bond donors (Lipinski definition) is 0. The summed E-state index contributed by atoms with van der Waals surface area (Å²) in [4.78, 5) is 5.48. The second-order valence-electron chi connectivity index (χ2n) is 12.8. The fraction of sp³-hybridized carbons (Fsp3) is 0.375. The minimum atomic E-state index is 0.0674. The monoisotopic (exact) mass is 438 g/mol. The van der Waals surface area contributed by atoms with E-state index in [4.69, 9.17) is 4.98 Å². The third kappa shape index (κ3) is 2.37. The summed E-state index contributed by atoms with van der Waals surface area (Å²) in [6.45, 7) is 14.7. The SMILES string of the molecule is Bc1c(B)c(B)c2c(c1B)c(B)c(B)n1c2nc2c(B)c3c(c(B)c21)C(C)(C)C(C)(C)C3(C)C. The summed E-state index contributed by atoms with van der Waals surface area (Å²) >= 11 is 0. The molecule has 0 saturated carbocycles. The van der Waals surface area contributed by atoms with E-state index in [0.717, 1.165) is 5.65 Å². The second kappa shape index (κ2) is 6.68. The molecule has 2 nitrogen and oxygen atoms in total. The summed E-state index contributed by atoms with van der Waals surface area (Å²) < 4.78 is 2.49. The minimum absolute atomic E-state index is 0.0674. The Morgan fingerprint density at radius 3 is 1.56 bits per heavy atom. The number of fused-ring (bicyclic) bond motifs is 6. The van der Waals surface area contributed by atoms with Crippen LogP contribution in [0.4, 0.5) is 0 Å².